The van der Waals surface area contributed by atoms with Crippen molar-refractivity contribution >= 4 is 5.97 Å². The molecule has 0 heterocycles. The summed E-state index contributed by atoms with van der Waals surface area (Å²) in [7, 11) is 0. The molecule has 1 atom stereocenters. The van der Waals surface area contributed by atoms with Gasteiger partial charge in [-0.25, -0.2) is 4.79 Å². The van der Waals surface area contributed by atoms with Crippen LogP contribution in [0, 0.1) is 5.92 Å². The molecule has 88 valence electrons. The van der Waals surface area contributed by atoms with Gasteiger partial charge in [0.2, 0.25) is 0 Å². The van der Waals surface area contributed by atoms with Gasteiger partial charge in [0.05, 0.1) is 0 Å². The summed E-state index contributed by atoms with van der Waals surface area (Å²) in [5.74, 6) is 0.225. The molecule has 1 unspecified atom stereocenters. The zero-order valence-corrected chi connectivity index (χ0v) is 10.5. The lowest BCUT2D eigenvalue weighted by Crippen LogP contribution is -2.24. The number of hydrogen-bond acceptors (Lipinski definition) is 2. The van der Waals surface area contributed by atoms with E-state index in [1.807, 2.05) is 6.92 Å². The van der Waals surface area contributed by atoms with Gasteiger partial charge in [-0.05, 0) is 32.6 Å². The second kappa shape index (κ2) is 7.49. The van der Waals surface area contributed by atoms with E-state index in [1.54, 1.807) is 6.92 Å². The SMILES string of the molecule is C=C(C)C(=O)OC(C)C(CCC)CCC. The summed E-state index contributed by atoms with van der Waals surface area (Å²) in [6.45, 7) is 11.6. The molecular formula is C13H24O2. The van der Waals surface area contributed by atoms with Crippen molar-refractivity contribution in [3.05, 3.63) is 12.2 Å². The quantitative estimate of drug-likeness (QED) is 0.475. The first kappa shape index (κ1) is 14.2. The maximum absolute atomic E-state index is 11.3. The highest BCUT2D eigenvalue weighted by Crippen LogP contribution is 2.20. The second-order valence-corrected chi connectivity index (χ2v) is 4.23. The number of hydrogen-bond donors (Lipinski definition) is 0. The highest BCUT2D eigenvalue weighted by Gasteiger charge is 2.19. The van der Waals surface area contributed by atoms with E-state index in [0.29, 0.717) is 11.5 Å². The molecule has 0 bridgehead atoms. The van der Waals surface area contributed by atoms with Crippen LogP contribution in [-0.2, 0) is 9.53 Å². The van der Waals surface area contributed by atoms with Crippen LogP contribution in [0.1, 0.15) is 53.4 Å². The summed E-state index contributed by atoms with van der Waals surface area (Å²) in [6, 6.07) is 0. The first-order chi connectivity index (χ1) is 7.02. The Morgan fingerprint density at radius 3 is 2.07 bits per heavy atom. The fourth-order valence-corrected chi connectivity index (χ4v) is 1.72. The normalized spacial score (nSPS) is 12.6. The van der Waals surface area contributed by atoms with E-state index < -0.39 is 0 Å². The lowest BCUT2D eigenvalue weighted by molar-refractivity contribution is -0.146. The Hall–Kier alpha value is -0.790. The van der Waals surface area contributed by atoms with Gasteiger partial charge < -0.3 is 4.74 Å². The third-order valence-electron chi connectivity index (χ3n) is 2.62. The molecule has 0 rings (SSSR count). The van der Waals surface area contributed by atoms with Gasteiger partial charge in [0, 0.05) is 5.57 Å². The summed E-state index contributed by atoms with van der Waals surface area (Å²) in [6.07, 6.45) is 4.53. The largest absolute Gasteiger partial charge is 0.459 e. The van der Waals surface area contributed by atoms with Crippen LogP contribution in [0.25, 0.3) is 0 Å². The van der Waals surface area contributed by atoms with E-state index in [4.69, 9.17) is 4.74 Å². The summed E-state index contributed by atoms with van der Waals surface area (Å²) in [5.41, 5.74) is 0.480. The second-order valence-electron chi connectivity index (χ2n) is 4.23. The van der Waals surface area contributed by atoms with E-state index in [0.717, 1.165) is 25.7 Å². The van der Waals surface area contributed by atoms with E-state index in [9.17, 15) is 4.79 Å². The Morgan fingerprint density at radius 1 is 1.27 bits per heavy atom. The number of ether oxygens (including phenoxy) is 1. The minimum Gasteiger partial charge on any atom is -0.459 e. The Labute approximate surface area is 93.7 Å². The number of esters is 1. The number of carbonyl (C=O) groups excluding carboxylic acids is 1. The number of carbonyl (C=O) groups is 1. The molecule has 0 aliphatic heterocycles. The standard InChI is InChI=1S/C13H24O2/c1-6-8-12(9-7-2)11(5)15-13(14)10(3)4/h11-12H,3,6-9H2,1-2,4-5H3. The molecule has 2 nitrogen and oxygen atoms in total. The fraction of sp³-hybridized carbons (Fsp3) is 0.769. The molecule has 0 spiro atoms. The highest BCUT2D eigenvalue weighted by atomic mass is 16.5. The molecule has 2 heteroatoms. The van der Waals surface area contributed by atoms with Crippen molar-refractivity contribution in [1.82, 2.24) is 0 Å². The average molecular weight is 212 g/mol. The van der Waals surface area contributed by atoms with Gasteiger partial charge in [0.25, 0.3) is 0 Å². The van der Waals surface area contributed by atoms with Crippen LogP contribution >= 0.6 is 0 Å². The predicted octanol–water partition coefficient (Wildman–Crippen LogP) is 3.71. The number of rotatable bonds is 7. The third kappa shape index (κ3) is 5.60. The van der Waals surface area contributed by atoms with Crippen LogP contribution in [0.4, 0.5) is 0 Å². The summed E-state index contributed by atoms with van der Waals surface area (Å²) in [5, 5.41) is 0. The zero-order valence-electron chi connectivity index (χ0n) is 10.5. The first-order valence-corrected chi connectivity index (χ1v) is 5.89. The van der Waals surface area contributed by atoms with Crippen molar-refractivity contribution in [3.63, 3.8) is 0 Å². The van der Waals surface area contributed by atoms with Gasteiger partial charge in [-0.3, -0.25) is 0 Å². The molecule has 0 N–H and O–H groups in total. The first-order valence-electron chi connectivity index (χ1n) is 5.89. The minimum absolute atomic E-state index is 0.00843. The molecule has 0 aliphatic carbocycles. The molecule has 15 heavy (non-hydrogen) atoms. The molecule has 0 aliphatic rings. The topological polar surface area (TPSA) is 26.3 Å². The maximum atomic E-state index is 11.3. The molecule has 0 fully saturated rings. The van der Waals surface area contributed by atoms with Crippen molar-refractivity contribution in [2.45, 2.75) is 59.5 Å². The maximum Gasteiger partial charge on any atom is 0.333 e. The van der Waals surface area contributed by atoms with Gasteiger partial charge in [-0.2, -0.15) is 0 Å². The smallest absolute Gasteiger partial charge is 0.333 e. The minimum atomic E-state index is -0.264. The van der Waals surface area contributed by atoms with E-state index >= 15 is 0 Å². The predicted molar refractivity (Wildman–Crippen MR) is 63.7 cm³/mol. The molecule has 0 amide bonds. The van der Waals surface area contributed by atoms with Crippen molar-refractivity contribution in [1.29, 1.82) is 0 Å². The zero-order chi connectivity index (χ0) is 11.8. The molecule has 0 aromatic rings. The summed E-state index contributed by atoms with van der Waals surface area (Å²) < 4.78 is 5.34. The van der Waals surface area contributed by atoms with Crippen LogP contribution in [0.3, 0.4) is 0 Å². The van der Waals surface area contributed by atoms with E-state index in [-0.39, 0.29) is 12.1 Å². The van der Waals surface area contributed by atoms with Crippen molar-refractivity contribution < 1.29 is 9.53 Å². The van der Waals surface area contributed by atoms with Crippen molar-refractivity contribution in [2.24, 2.45) is 5.92 Å². The molecule has 0 saturated heterocycles. The Kier molecular flexibility index (Phi) is 7.10. The lowest BCUT2D eigenvalue weighted by Gasteiger charge is -2.23. The monoisotopic (exact) mass is 212 g/mol. The highest BCUT2D eigenvalue weighted by molar-refractivity contribution is 5.87. The average Bonchev–Trinajstić information content (AvgIpc) is 2.17. The van der Waals surface area contributed by atoms with E-state index in [2.05, 4.69) is 20.4 Å². The third-order valence-corrected chi connectivity index (χ3v) is 2.62. The molecule has 0 aromatic heterocycles. The Morgan fingerprint density at radius 2 is 1.73 bits per heavy atom. The van der Waals surface area contributed by atoms with Crippen LogP contribution < -0.4 is 0 Å². The van der Waals surface area contributed by atoms with Crippen molar-refractivity contribution in [2.75, 3.05) is 0 Å². The summed E-state index contributed by atoms with van der Waals surface area (Å²) >= 11 is 0. The van der Waals surface area contributed by atoms with Gasteiger partial charge in [0.15, 0.2) is 0 Å². The van der Waals surface area contributed by atoms with Crippen molar-refractivity contribution in [3.8, 4) is 0 Å². The summed E-state index contributed by atoms with van der Waals surface area (Å²) in [4.78, 5) is 11.3. The molecular weight excluding hydrogens is 188 g/mol. The van der Waals surface area contributed by atoms with Gasteiger partial charge >= 0.3 is 5.97 Å². The molecule has 0 aromatic carbocycles. The van der Waals surface area contributed by atoms with Crippen LogP contribution in [-0.4, -0.2) is 12.1 Å². The fourth-order valence-electron chi connectivity index (χ4n) is 1.72. The van der Waals surface area contributed by atoms with Gasteiger partial charge in [0.1, 0.15) is 6.10 Å². The Bertz CT molecular complexity index is 203. The van der Waals surface area contributed by atoms with Gasteiger partial charge in [-0.15, -0.1) is 0 Å². The van der Waals surface area contributed by atoms with Gasteiger partial charge in [-0.1, -0.05) is 33.3 Å². The van der Waals surface area contributed by atoms with Crippen LogP contribution in [0.15, 0.2) is 12.2 Å². The molecule has 0 radical (unpaired) electrons. The van der Waals surface area contributed by atoms with E-state index in [1.165, 1.54) is 0 Å². The molecule has 0 saturated carbocycles. The Balaban J connectivity index is 4.17. The van der Waals surface area contributed by atoms with Crippen LogP contribution in [0.2, 0.25) is 0 Å². The van der Waals surface area contributed by atoms with Crippen LogP contribution in [0.5, 0.6) is 0 Å². The lowest BCUT2D eigenvalue weighted by atomic mass is 9.93.